The Bertz CT molecular complexity index is 1700. The van der Waals surface area contributed by atoms with Crippen LogP contribution in [0.1, 0.15) is 38.3 Å². The van der Waals surface area contributed by atoms with Crippen LogP contribution in [-0.2, 0) is 26.2 Å². The number of para-hydroxylation sites is 1. The molecule has 4 rings (SSSR count). The minimum atomic E-state index is -4.20. The Morgan fingerprint density at radius 1 is 0.844 bits per heavy atom. The molecule has 0 unspecified atom stereocenters. The molecule has 45 heavy (non-hydrogen) atoms. The molecule has 0 bridgehead atoms. The van der Waals surface area contributed by atoms with Gasteiger partial charge in [-0.05, 0) is 87.4 Å². The number of anilines is 1. The molecule has 0 fully saturated rings. The van der Waals surface area contributed by atoms with Crippen LogP contribution in [0, 0.1) is 6.92 Å². The molecule has 0 aromatic heterocycles. The number of sulfonamides is 1. The Kier molecular flexibility index (Phi) is 11.3. The van der Waals surface area contributed by atoms with Gasteiger partial charge in [-0.3, -0.25) is 13.9 Å². The lowest BCUT2D eigenvalue weighted by Crippen LogP contribution is -2.52. The number of amides is 2. The minimum absolute atomic E-state index is 0.00979. The molecule has 4 aromatic carbocycles. The Morgan fingerprint density at radius 3 is 2.07 bits per heavy atom. The van der Waals surface area contributed by atoms with Gasteiger partial charge in [0.05, 0.1) is 10.6 Å². The molecule has 0 spiro atoms. The zero-order valence-electron chi connectivity index (χ0n) is 25.8. The second kappa shape index (κ2) is 15.1. The summed E-state index contributed by atoms with van der Waals surface area (Å²) < 4.78 is 35.2. The van der Waals surface area contributed by atoms with Gasteiger partial charge in [-0.25, -0.2) is 8.42 Å². The lowest BCUT2D eigenvalue weighted by molar-refractivity contribution is -0.139. The summed E-state index contributed by atoms with van der Waals surface area (Å²) in [5.41, 5.74) is 1.79. The van der Waals surface area contributed by atoms with Crippen LogP contribution in [0.25, 0.3) is 0 Å². The van der Waals surface area contributed by atoms with Gasteiger partial charge in [0.15, 0.2) is 0 Å². The van der Waals surface area contributed by atoms with Gasteiger partial charge >= 0.3 is 0 Å². The van der Waals surface area contributed by atoms with Crippen molar-refractivity contribution in [3.05, 3.63) is 119 Å². The number of ether oxygens (including phenoxy) is 1. The average molecular weight is 648 g/mol. The van der Waals surface area contributed by atoms with Crippen LogP contribution in [0.3, 0.4) is 0 Å². The highest BCUT2D eigenvalue weighted by Crippen LogP contribution is 2.29. The molecule has 0 heterocycles. The normalized spacial score (nSPS) is 12.6. The Hall–Kier alpha value is -4.34. The number of aryl methyl sites for hydroxylation is 1. The summed E-state index contributed by atoms with van der Waals surface area (Å²) >= 11 is 6.45. The van der Waals surface area contributed by atoms with E-state index < -0.39 is 28.5 Å². The molecule has 8 nitrogen and oxygen atoms in total. The van der Waals surface area contributed by atoms with Gasteiger partial charge in [0.25, 0.3) is 10.0 Å². The van der Waals surface area contributed by atoms with Crippen LogP contribution >= 0.6 is 11.6 Å². The van der Waals surface area contributed by atoms with Crippen molar-refractivity contribution in [2.75, 3.05) is 10.8 Å². The molecule has 0 aliphatic carbocycles. The van der Waals surface area contributed by atoms with Gasteiger partial charge in [-0.1, -0.05) is 72.6 Å². The van der Waals surface area contributed by atoms with Gasteiger partial charge < -0.3 is 15.0 Å². The molecular formula is C35H38ClN3O5S. The molecule has 4 aromatic rings. The van der Waals surface area contributed by atoms with E-state index in [4.69, 9.17) is 16.3 Å². The predicted octanol–water partition coefficient (Wildman–Crippen LogP) is 6.97. The first-order valence-corrected chi connectivity index (χ1v) is 16.6. The number of benzene rings is 4. The van der Waals surface area contributed by atoms with Gasteiger partial charge in [0.2, 0.25) is 11.8 Å². The third-order valence-corrected chi connectivity index (χ3v) is 9.62. The predicted molar refractivity (Wildman–Crippen MR) is 178 cm³/mol. The summed E-state index contributed by atoms with van der Waals surface area (Å²) in [6.07, 6.45) is 0.712. The first kappa shape index (κ1) is 33.6. The fraction of sp³-hybridized carbons (Fsp3) is 0.257. The number of hydrogen-bond acceptors (Lipinski definition) is 5. The highest BCUT2D eigenvalue weighted by atomic mass is 35.5. The van der Waals surface area contributed by atoms with E-state index in [-0.39, 0.29) is 29.1 Å². The third-order valence-electron chi connectivity index (χ3n) is 7.46. The van der Waals surface area contributed by atoms with Crippen molar-refractivity contribution in [3.63, 3.8) is 0 Å². The van der Waals surface area contributed by atoms with Gasteiger partial charge in [-0.2, -0.15) is 0 Å². The lowest BCUT2D eigenvalue weighted by atomic mass is 10.1. The summed E-state index contributed by atoms with van der Waals surface area (Å²) in [6, 6.07) is 28.1. The molecule has 0 saturated heterocycles. The molecule has 0 aliphatic heterocycles. The second-order valence-electron chi connectivity index (χ2n) is 10.8. The van der Waals surface area contributed by atoms with Crippen LogP contribution in [-0.4, -0.2) is 43.8 Å². The number of rotatable bonds is 13. The smallest absolute Gasteiger partial charge is 0.264 e. The number of halogens is 1. The van der Waals surface area contributed by atoms with Crippen LogP contribution in [0.2, 0.25) is 5.02 Å². The largest absolute Gasteiger partial charge is 0.457 e. The van der Waals surface area contributed by atoms with E-state index in [9.17, 15) is 18.0 Å². The monoisotopic (exact) mass is 647 g/mol. The molecule has 0 saturated carbocycles. The number of carbonyl (C=O) groups is 2. The van der Waals surface area contributed by atoms with Crippen molar-refractivity contribution in [3.8, 4) is 11.5 Å². The summed E-state index contributed by atoms with van der Waals surface area (Å²) in [5.74, 6) is 0.214. The van der Waals surface area contributed by atoms with Gasteiger partial charge in [0.1, 0.15) is 24.1 Å². The fourth-order valence-electron chi connectivity index (χ4n) is 4.53. The second-order valence-corrected chi connectivity index (χ2v) is 13.1. The van der Waals surface area contributed by atoms with Crippen LogP contribution in [0.5, 0.6) is 11.5 Å². The molecular weight excluding hydrogens is 610 g/mol. The first-order chi connectivity index (χ1) is 21.5. The van der Waals surface area contributed by atoms with E-state index in [0.717, 1.165) is 9.87 Å². The van der Waals surface area contributed by atoms with E-state index in [1.807, 2.05) is 51.1 Å². The highest BCUT2D eigenvalue weighted by molar-refractivity contribution is 7.92. The number of carbonyl (C=O) groups excluding carboxylic acids is 2. The third kappa shape index (κ3) is 8.65. The summed E-state index contributed by atoms with van der Waals surface area (Å²) in [6.45, 7) is 6.77. The van der Waals surface area contributed by atoms with E-state index >= 15 is 0 Å². The van der Waals surface area contributed by atoms with Crippen LogP contribution in [0.4, 0.5) is 5.69 Å². The molecule has 2 amide bonds. The van der Waals surface area contributed by atoms with Crippen LogP contribution < -0.4 is 14.4 Å². The van der Waals surface area contributed by atoms with E-state index in [1.165, 1.54) is 17.0 Å². The lowest BCUT2D eigenvalue weighted by Gasteiger charge is -2.32. The van der Waals surface area contributed by atoms with Gasteiger partial charge in [0, 0.05) is 17.6 Å². The van der Waals surface area contributed by atoms with E-state index in [1.54, 1.807) is 67.6 Å². The first-order valence-electron chi connectivity index (χ1n) is 14.7. The van der Waals surface area contributed by atoms with Crippen molar-refractivity contribution in [2.45, 2.75) is 57.6 Å². The summed E-state index contributed by atoms with van der Waals surface area (Å²) in [4.78, 5) is 28.8. The van der Waals surface area contributed by atoms with Crippen molar-refractivity contribution in [1.29, 1.82) is 0 Å². The maximum absolute atomic E-state index is 14.2. The SMILES string of the molecule is CC[C@H](C)NC(=O)[C@@H](C)N(Cc1ccccc1Cl)C(=O)CN(c1ccc(Oc2ccccc2)cc1)S(=O)(=O)c1ccc(C)cc1. The maximum atomic E-state index is 14.2. The molecule has 10 heteroatoms. The zero-order chi connectivity index (χ0) is 32.6. The molecule has 0 radical (unpaired) electrons. The number of hydrogen-bond donors (Lipinski definition) is 1. The van der Waals surface area contributed by atoms with Gasteiger partial charge in [-0.15, -0.1) is 0 Å². The van der Waals surface area contributed by atoms with Crippen molar-refractivity contribution >= 4 is 39.1 Å². The zero-order valence-corrected chi connectivity index (χ0v) is 27.4. The number of nitrogens with one attached hydrogen (secondary N) is 1. The maximum Gasteiger partial charge on any atom is 0.264 e. The molecule has 236 valence electrons. The van der Waals surface area contributed by atoms with E-state index in [2.05, 4.69) is 5.32 Å². The summed E-state index contributed by atoms with van der Waals surface area (Å²) in [5, 5.41) is 3.36. The van der Waals surface area contributed by atoms with Crippen LogP contribution in [0.15, 0.2) is 108 Å². The standard InChI is InChI=1S/C35H38ClN3O5S/c1-5-26(3)37-35(41)27(4)38(23-28-11-9-10-14-33(28)36)34(40)24-39(45(42,43)32-21-15-25(2)16-22-32)29-17-19-31(20-18-29)44-30-12-7-6-8-13-30/h6-22,26-27H,5,23-24H2,1-4H3,(H,37,41)/t26-,27+/m0/s1. The fourth-order valence-corrected chi connectivity index (χ4v) is 6.14. The molecule has 0 aliphatic rings. The Morgan fingerprint density at radius 2 is 1.44 bits per heavy atom. The van der Waals surface area contributed by atoms with Crippen molar-refractivity contribution in [1.82, 2.24) is 10.2 Å². The number of nitrogens with zero attached hydrogens (tertiary/aromatic N) is 2. The Labute approximate surface area is 270 Å². The molecule has 1 N–H and O–H groups in total. The quantitative estimate of drug-likeness (QED) is 0.169. The van der Waals surface area contributed by atoms with Crippen molar-refractivity contribution < 1.29 is 22.7 Å². The summed E-state index contributed by atoms with van der Waals surface area (Å²) in [7, 11) is -4.20. The Balaban J connectivity index is 1.71. The minimum Gasteiger partial charge on any atom is -0.457 e. The topological polar surface area (TPSA) is 96.0 Å². The van der Waals surface area contributed by atoms with E-state index in [0.29, 0.717) is 28.5 Å². The highest BCUT2D eigenvalue weighted by Gasteiger charge is 2.33. The van der Waals surface area contributed by atoms with Crippen molar-refractivity contribution in [2.24, 2.45) is 0 Å². The average Bonchev–Trinajstić information content (AvgIpc) is 3.03. The molecule has 2 atom stereocenters.